The van der Waals surface area contributed by atoms with Gasteiger partial charge in [0.25, 0.3) is 11.8 Å². The Morgan fingerprint density at radius 2 is 0.935 bits per heavy atom. The van der Waals surface area contributed by atoms with Crippen LogP contribution in [-0.2, 0) is 58.0 Å². The second-order valence-electron chi connectivity index (χ2n) is 24.8. The molecule has 3 fully saturated rings. The Labute approximate surface area is 562 Å². The predicted molar refractivity (Wildman–Crippen MR) is 348 cm³/mol. The monoisotopic (exact) mass is 1380 g/mol. The lowest BCUT2D eigenvalue weighted by Crippen LogP contribution is -2.41. The number of aromatic nitrogens is 6. The highest BCUT2D eigenvalue weighted by Gasteiger charge is 2.35. The Hall–Kier alpha value is -6.69. The van der Waals surface area contributed by atoms with Gasteiger partial charge in [-0.05, 0) is 177 Å². The molecule has 9 heterocycles. The summed E-state index contributed by atoms with van der Waals surface area (Å²) in [5.74, 6) is -0.495. The number of hydrogen-bond donors (Lipinski definition) is 5. The molecule has 0 spiro atoms. The van der Waals surface area contributed by atoms with E-state index in [9.17, 15) is 32.3 Å². The molecule has 0 saturated carbocycles. The first kappa shape index (κ1) is 74.4. The van der Waals surface area contributed by atoms with Crippen molar-refractivity contribution >= 4 is 89.8 Å². The second kappa shape index (κ2) is 33.9. The van der Waals surface area contributed by atoms with Crippen LogP contribution in [0.4, 0.5) is 22.8 Å². The molecule has 4 amide bonds. The number of H-pyrrole nitrogens is 3. The molecule has 0 atom stereocenters. The van der Waals surface area contributed by atoms with Crippen LogP contribution in [0.2, 0.25) is 15.1 Å². The molecule has 92 heavy (non-hydrogen) atoms. The molecule has 20 nitrogen and oxygen atoms in total. The van der Waals surface area contributed by atoms with Crippen LogP contribution in [0.25, 0.3) is 0 Å². The van der Waals surface area contributed by atoms with E-state index in [0.29, 0.717) is 93.9 Å². The molecule has 0 bridgehead atoms. The van der Waals surface area contributed by atoms with Crippen LogP contribution in [0.15, 0.2) is 60.8 Å². The van der Waals surface area contributed by atoms with E-state index in [4.69, 9.17) is 53.9 Å². The SMILES string of the molecule is CC(C)(C)OC(=O)N1CCc2c(C(=O)N3CCC(c4cccc(F)c4Cl)CC3)n[nH]c2C1.CC(C)(C)OC(=O)N1CCc2cn[nH]c2C1.Cl.Cl.Fc1cccc(C2CCNCC2)c1Cl.O=C(c1n[nH]c2c1CCNC2)N1CCC(c2cccc(F)c2Cl)CC1.O=C=O.[HH]. The number of carbonyl (C=O) groups is 4. The maximum absolute atomic E-state index is 13.8. The number of hydrogen-bond acceptors (Lipinski definition) is 13. The van der Waals surface area contributed by atoms with Gasteiger partial charge >= 0.3 is 18.3 Å². The van der Waals surface area contributed by atoms with Gasteiger partial charge in [-0.1, -0.05) is 71.2 Å². The number of fused-ring (bicyclic) bond motifs is 3. The van der Waals surface area contributed by atoms with Gasteiger partial charge in [-0.3, -0.25) is 24.9 Å². The zero-order valence-electron chi connectivity index (χ0n) is 52.3. The highest BCUT2D eigenvalue weighted by molar-refractivity contribution is 6.32. The molecule has 28 heteroatoms. The van der Waals surface area contributed by atoms with Crippen LogP contribution >= 0.6 is 59.6 Å². The highest BCUT2D eigenvalue weighted by atomic mass is 35.5. The molecule has 6 aliphatic rings. The van der Waals surface area contributed by atoms with E-state index in [1.165, 1.54) is 23.8 Å². The third-order valence-corrected chi connectivity index (χ3v) is 17.6. The molecular weight excluding hydrogens is 1300 g/mol. The molecule has 502 valence electrons. The number of halogens is 8. The van der Waals surface area contributed by atoms with Crippen LogP contribution in [-0.4, -0.2) is 150 Å². The Bertz CT molecular complexity index is 3500. The van der Waals surface area contributed by atoms with Crippen molar-refractivity contribution in [2.24, 2.45) is 0 Å². The summed E-state index contributed by atoms with van der Waals surface area (Å²) in [6.45, 7) is 19.2. The van der Waals surface area contributed by atoms with Crippen LogP contribution in [0.1, 0.15) is 171 Å². The summed E-state index contributed by atoms with van der Waals surface area (Å²) in [5, 5.41) is 28.6. The molecular formula is C64H82Cl5F3N12O8. The molecule has 6 aromatic rings. The molecule has 0 unspecified atom stereocenters. The fourth-order valence-electron chi connectivity index (χ4n) is 11.8. The van der Waals surface area contributed by atoms with Gasteiger partial charge in [0, 0.05) is 58.4 Å². The number of piperidine rings is 3. The summed E-state index contributed by atoms with van der Waals surface area (Å²) >= 11 is 18.2. The van der Waals surface area contributed by atoms with Crippen molar-refractivity contribution in [1.82, 2.24) is 60.8 Å². The third kappa shape index (κ3) is 19.5. The summed E-state index contributed by atoms with van der Waals surface area (Å²) in [6, 6.07) is 14.9. The minimum absolute atomic E-state index is 0. The van der Waals surface area contributed by atoms with Gasteiger partial charge in [-0.2, -0.15) is 24.9 Å². The molecule has 3 aromatic heterocycles. The zero-order chi connectivity index (χ0) is 64.9. The van der Waals surface area contributed by atoms with E-state index in [1.54, 1.807) is 32.9 Å². The summed E-state index contributed by atoms with van der Waals surface area (Å²) in [4.78, 5) is 73.4. The van der Waals surface area contributed by atoms with Crippen molar-refractivity contribution in [3.05, 3.63) is 155 Å². The zero-order valence-corrected chi connectivity index (χ0v) is 56.2. The first-order chi connectivity index (χ1) is 42.9. The van der Waals surface area contributed by atoms with Gasteiger partial charge in [-0.15, -0.1) is 24.8 Å². The molecule has 12 rings (SSSR count). The maximum atomic E-state index is 13.8. The van der Waals surface area contributed by atoms with Gasteiger partial charge in [0.1, 0.15) is 28.7 Å². The smallest absolute Gasteiger partial charge is 0.410 e. The first-order valence-corrected chi connectivity index (χ1v) is 31.5. The van der Waals surface area contributed by atoms with E-state index in [1.807, 2.05) is 70.8 Å². The summed E-state index contributed by atoms with van der Waals surface area (Å²) in [5.41, 5.74) is 8.48. The molecule has 0 radical (unpaired) electrons. The largest absolute Gasteiger partial charge is 0.444 e. The van der Waals surface area contributed by atoms with Crippen molar-refractivity contribution in [2.45, 2.75) is 148 Å². The van der Waals surface area contributed by atoms with E-state index >= 15 is 0 Å². The van der Waals surface area contributed by atoms with Gasteiger partial charge in [0.15, 0.2) is 11.4 Å². The molecule has 3 aromatic carbocycles. The van der Waals surface area contributed by atoms with E-state index in [-0.39, 0.29) is 89.9 Å². The first-order valence-electron chi connectivity index (χ1n) is 30.3. The Kier molecular flexibility index (Phi) is 27.4. The average Bonchev–Trinajstić information content (AvgIpc) is 1.76. The van der Waals surface area contributed by atoms with Gasteiger partial charge in [0.05, 0.1) is 51.4 Å². The number of ether oxygens (including phenoxy) is 2. The van der Waals surface area contributed by atoms with Crippen LogP contribution < -0.4 is 10.6 Å². The molecule has 6 aliphatic heterocycles. The Balaban J connectivity index is 0.000000229. The normalized spacial score (nSPS) is 16.6. The lowest BCUT2D eigenvalue weighted by molar-refractivity contribution is -0.191. The number of likely N-dealkylation sites (tertiary alicyclic amines) is 2. The number of rotatable bonds is 5. The van der Waals surface area contributed by atoms with Crippen molar-refractivity contribution in [1.29, 1.82) is 0 Å². The van der Waals surface area contributed by atoms with Crippen molar-refractivity contribution in [3.63, 3.8) is 0 Å². The number of carbonyl (C=O) groups excluding carboxylic acids is 6. The number of nitrogens with zero attached hydrogens (tertiary/aromatic N) is 7. The number of nitrogens with one attached hydrogen (secondary N) is 5. The Morgan fingerprint density at radius 1 is 0.533 bits per heavy atom. The van der Waals surface area contributed by atoms with Gasteiger partial charge in [-0.25, -0.2) is 22.8 Å². The molecule has 3 saturated heterocycles. The van der Waals surface area contributed by atoms with Crippen LogP contribution in [0.5, 0.6) is 0 Å². The topological polar surface area (TPSA) is 244 Å². The standard InChI is InChI=1S/C23H28ClFN4O3.C18H20ClFN4O.C11H13ClFN.C11H17N3O2.CO2.2ClH.H2/c1-23(2,3)32-22(31)29-12-9-16-18(13-29)26-27-20(16)21(30)28-10-7-14(8-11-28)15-5-4-6-17(25)19(15)24;19-16-12(2-1-3-14(16)20)11-5-8-24(9-6-11)18(25)17-13-4-7-21-10-15(13)22-23-17;12-11-9(2-1-3-10(11)13)8-4-6-14-7-5-8;1-11(2,3)16-10(15)14-5-4-8-6-12-13-9(8)7-14;2-1-3;;;/h4-6,14H,7-13H2,1-3H3,(H,26,27);1-3,11,21H,4-10H2,(H,22,23);1-3,8,14H,4-7H2;6H,4-5,7H2,1-3H3,(H,12,13);;3*1H. The van der Waals surface area contributed by atoms with E-state index < -0.39 is 17.0 Å². The lowest BCUT2D eigenvalue weighted by Gasteiger charge is -2.33. The van der Waals surface area contributed by atoms with Gasteiger partial charge < -0.3 is 39.7 Å². The Morgan fingerprint density at radius 3 is 1.38 bits per heavy atom. The highest BCUT2D eigenvalue weighted by Crippen LogP contribution is 2.37. The molecule has 0 aliphatic carbocycles. The average molecular weight is 1380 g/mol. The van der Waals surface area contributed by atoms with Crippen molar-refractivity contribution in [3.8, 4) is 0 Å². The fraction of sp³-hybridized carbons (Fsp3) is 0.500. The van der Waals surface area contributed by atoms with Crippen molar-refractivity contribution < 1.29 is 52.8 Å². The summed E-state index contributed by atoms with van der Waals surface area (Å²) < 4.78 is 51.4. The minimum Gasteiger partial charge on any atom is -0.444 e. The lowest BCUT2D eigenvalue weighted by atomic mass is 9.89. The summed E-state index contributed by atoms with van der Waals surface area (Å²) in [7, 11) is 0. The predicted octanol–water partition coefficient (Wildman–Crippen LogP) is 12.5. The van der Waals surface area contributed by atoms with E-state index in [0.717, 1.165) is 110 Å². The number of aromatic amines is 3. The molecule has 5 N–H and O–H groups in total. The quantitative estimate of drug-likeness (QED) is 0.108. The third-order valence-electron chi connectivity index (χ3n) is 16.4. The van der Waals surface area contributed by atoms with Crippen LogP contribution in [0, 0.1) is 17.5 Å². The van der Waals surface area contributed by atoms with E-state index in [2.05, 4.69) is 41.2 Å². The fourth-order valence-corrected chi connectivity index (χ4v) is 12.7. The second-order valence-corrected chi connectivity index (χ2v) is 26.0. The van der Waals surface area contributed by atoms with Gasteiger partial charge in [0.2, 0.25) is 0 Å². The number of amides is 4. The summed E-state index contributed by atoms with van der Waals surface area (Å²) in [6.07, 6.45) is 8.73. The number of benzene rings is 3. The minimum atomic E-state index is -0.561. The van der Waals surface area contributed by atoms with Crippen molar-refractivity contribution in [2.75, 3.05) is 58.9 Å². The maximum Gasteiger partial charge on any atom is 0.410 e. The van der Waals surface area contributed by atoms with Crippen LogP contribution in [0.3, 0.4) is 0 Å².